The summed E-state index contributed by atoms with van der Waals surface area (Å²) in [6, 6.07) is 0. The van der Waals surface area contributed by atoms with Crippen molar-refractivity contribution in [3.8, 4) is 0 Å². The van der Waals surface area contributed by atoms with Gasteiger partial charge in [0.25, 0.3) is 0 Å². The molecular weight excluding hydrogens is 192 g/mol. The van der Waals surface area contributed by atoms with Gasteiger partial charge in [-0.05, 0) is 33.6 Å². The van der Waals surface area contributed by atoms with Crippen molar-refractivity contribution in [3.63, 3.8) is 0 Å². The van der Waals surface area contributed by atoms with E-state index in [1.54, 1.807) is 0 Å². The van der Waals surface area contributed by atoms with Gasteiger partial charge in [0, 0.05) is 0 Å². The van der Waals surface area contributed by atoms with Crippen LogP contribution in [0.5, 0.6) is 0 Å². The van der Waals surface area contributed by atoms with Crippen molar-refractivity contribution >= 4 is 5.97 Å². The molecule has 0 fully saturated rings. The van der Waals surface area contributed by atoms with E-state index in [0.717, 1.165) is 12.8 Å². The average Bonchev–Trinajstić information content (AvgIpc) is 2.11. The molecule has 86 valence electrons. The lowest BCUT2D eigenvalue weighted by atomic mass is 10.1. The summed E-state index contributed by atoms with van der Waals surface area (Å²) in [5, 5.41) is 8.33. The van der Waals surface area contributed by atoms with Gasteiger partial charge in [-0.1, -0.05) is 23.3 Å². The fourth-order valence-electron chi connectivity index (χ4n) is 1.04. The molecule has 0 amide bonds. The van der Waals surface area contributed by atoms with E-state index < -0.39 is 5.97 Å². The van der Waals surface area contributed by atoms with E-state index in [2.05, 4.69) is 19.9 Å². The topological polar surface area (TPSA) is 46.5 Å². The number of hydrogen-bond acceptors (Lipinski definition) is 2. The highest BCUT2D eigenvalue weighted by Gasteiger charge is 1.94. The Morgan fingerprint density at radius 1 is 1.27 bits per heavy atom. The van der Waals surface area contributed by atoms with Gasteiger partial charge in [0.1, 0.15) is 6.61 Å². The minimum atomic E-state index is -0.925. The third-order valence-electron chi connectivity index (χ3n) is 1.87. The van der Waals surface area contributed by atoms with Crippen molar-refractivity contribution in [1.82, 2.24) is 0 Å². The van der Waals surface area contributed by atoms with Crippen LogP contribution >= 0.6 is 0 Å². The summed E-state index contributed by atoms with van der Waals surface area (Å²) in [6.07, 6.45) is 6.16. The van der Waals surface area contributed by atoms with Crippen molar-refractivity contribution in [1.29, 1.82) is 0 Å². The van der Waals surface area contributed by atoms with Gasteiger partial charge in [-0.3, -0.25) is 0 Å². The van der Waals surface area contributed by atoms with Crippen LogP contribution in [0, 0.1) is 0 Å². The lowest BCUT2D eigenvalue weighted by Gasteiger charge is -2.00. The molecule has 3 nitrogen and oxygen atoms in total. The Morgan fingerprint density at radius 2 is 1.93 bits per heavy atom. The lowest BCUT2D eigenvalue weighted by Crippen LogP contribution is -2.06. The average molecular weight is 212 g/mol. The van der Waals surface area contributed by atoms with Crippen LogP contribution in [-0.2, 0) is 9.53 Å². The minimum absolute atomic E-state index is 0.224. The fourth-order valence-corrected chi connectivity index (χ4v) is 1.04. The van der Waals surface area contributed by atoms with Gasteiger partial charge in [0.05, 0.1) is 6.61 Å². The number of ether oxygens (including phenoxy) is 1. The molecule has 0 bridgehead atoms. The van der Waals surface area contributed by atoms with Crippen LogP contribution in [0.1, 0.15) is 33.6 Å². The minimum Gasteiger partial charge on any atom is -0.480 e. The predicted octanol–water partition coefficient (Wildman–Crippen LogP) is 2.78. The first-order valence-corrected chi connectivity index (χ1v) is 5.11. The molecule has 3 heteroatoms. The Kier molecular flexibility index (Phi) is 7.64. The van der Waals surface area contributed by atoms with Crippen molar-refractivity contribution in [2.45, 2.75) is 33.6 Å². The summed E-state index contributed by atoms with van der Waals surface area (Å²) in [5.41, 5.74) is 2.56. The van der Waals surface area contributed by atoms with E-state index in [-0.39, 0.29) is 6.61 Å². The Bertz CT molecular complexity index is 248. The maximum atomic E-state index is 10.1. The molecule has 0 aliphatic heterocycles. The summed E-state index contributed by atoms with van der Waals surface area (Å²) >= 11 is 0. The summed E-state index contributed by atoms with van der Waals surface area (Å²) in [5.74, 6) is -0.925. The second-order valence-corrected chi connectivity index (χ2v) is 3.78. The molecule has 0 saturated heterocycles. The van der Waals surface area contributed by atoms with Crippen molar-refractivity contribution in [2.24, 2.45) is 0 Å². The van der Waals surface area contributed by atoms with E-state index in [9.17, 15) is 4.79 Å². The third kappa shape index (κ3) is 10.8. The highest BCUT2D eigenvalue weighted by molar-refractivity contribution is 5.67. The second-order valence-electron chi connectivity index (χ2n) is 3.78. The Morgan fingerprint density at radius 3 is 2.47 bits per heavy atom. The molecule has 0 radical (unpaired) electrons. The number of carbonyl (C=O) groups is 1. The van der Waals surface area contributed by atoms with Gasteiger partial charge < -0.3 is 9.84 Å². The number of carboxylic acid groups (broad SMARTS) is 1. The van der Waals surface area contributed by atoms with Crippen LogP contribution in [0.2, 0.25) is 0 Å². The molecule has 0 aliphatic rings. The van der Waals surface area contributed by atoms with Gasteiger partial charge in [-0.2, -0.15) is 0 Å². The zero-order chi connectivity index (χ0) is 11.7. The first-order chi connectivity index (χ1) is 7.02. The molecule has 0 atom stereocenters. The number of hydrogen-bond donors (Lipinski definition) is 1. The molecule has 0 aromatic carbocycles. The Hall–Kier alpha value is -1.09. The summed E-state index contributed by atoms with van der Waals surface area (Å²) in [7, 11) is 0. The third-order valence-corrected chi connectivity index (χ3v) is 1.87. The van der Waals surface area contributed by atoms with Gasteiger partial charge in [0.2, 0.25) is 0 Å². The molecule has 0 aromatic heterocycles. The second kappa shape index (κ2) is 8.24. The number of carboxylic acids is 1. The normalized spacial score (nSPS) is 11.3. The molecule has 1 N–H and O–H groups in total. The standard InChI is InChI=1S/C12H20O3/c1-10(2)5-4-6-11(3)7-8-15-9-12(13)14/h5,7H,4,6,8-9H2,1-3H3,(H,13,14)/b11-7-. The molecule has 0 unspecified atom stereocenters. The van der Waals surface area contributed by atoms with Crippen LogP contribution in [0.25, 0.3) is 0 Å². The van der Waals surface area contributed by atoms with Crippen molar-refractivity contribution in [2.75, 3.05) is 13.2 Å². The smallest absolute Gasteiger partial charge is 0.329 e. The highest BCUT2D eigenvalue weighted by Crippen LogP contribution is 2.06. The lowest BCUT2D eigenvalue weighted by molar-refractivity contribution is -0.141. The quantitative estimate of drug-likeness (QED) is 0.521. The van der Waals surface area contributed by atoms with Crippen LogP contribution in [0.4, 0.5) is 0 Å². The largest absolute Gasteiger partial charge is 0.480 e. The molecule has 0 rings (SSSR count). The highest BCUT2D eigenvalue weighted by atomic mass is 16.5. The summed E-state index contributed by atoms with van der Waals surface area (Å²) < 4.78 is 4.90. The SMILES string of the molecule is CC(C)=CCC/C(C)=C\COCC(=O)O. The maximum absolute atomic E-state index is 10.1. The van der Waals surface area contributed by atoms with Gasteiger partial charge in [-0.15, -0.1) is 0 Å². The molecule has 0 saturated carbocycles. The number of aliphatic carboxylic acids is 1. The number of allylic oxidation sites excluding steroid dienone is 3. The fraction of sp³-hybridized carbons (Fsp3) is 0.583. The van der Waals surface area contributed by atoms with Crippen LogP contribution in [0.15, 0.2) is 23.3 Å². The monoisotopic (exact) mass is 212 g/mol. The maximum Gasteiger partial charge on any atom is 0.329 e. The van der Waals surface area contributed by atoms with Crippen LogP contribution in [0.3, 0.4) is 0 Å². The molecule has 15 heavy (non-hydrogen) atoms. The van der Waals surface area contributed by atoms with E-state index in [1.807, 2.05) is 13.0 Å². The van der Waals surface area contributed by atoms with Gasteiger partial charge in [0.15, 0.2) is 0 Å². The van der Waals surface area contributed by atoms with E-state index in [4.69, 9.17) is 9.84 Å². The molecule has 0 aliphatic carbocycles. The van der Waals surface area contributed by atoms with E-state index >= 15 is 0 Å². The van der Waals surface area contributed by atoms with Crippen molar-refractivity contribution < 1.29 is 14.6 Å². The molecular formula is C12H20O3. The Balaban J connectivity index is 3.61. The summed E-state index contributed by atoms with van der Waals surface area (Å²) in [6.45, 7) is 6.34. The molecule has 0 heterocycles. The molecule has 0 aromatic rings. The van der Waals surface area contributed by atoms with E-state index in [1.165, 1.54) is 11.1 Å². The van der Waals surface area contributed by atoms with Gasteiger partial charge >= 0.3 is 5.97 Å². The van der Waals surface area contributed by atoms with Crippen molar-refractivity contribution in [3.05, 3.63) is 23.3 Å². The first kappa shape index (κ1) is 13.9. The first-order valence-electron chi connectivity index (χ1n) is 5.11. The van der Waals surface area contributed by atoms with E-state index in [0.29, 0.717) is 6.61 Å². The number of rotatable bonds is 7. The predicted molar refractivity (Wildman–Crippen MR) is 60.9 cm³/mol. The van der Waals surface area contributed by atoms with Crippen LogP contribution < -0.4 is 0 Å². The molecule has 0 spiro atoms. The zero-order valence-corrected chi connectivity index (χ0v) is 9.75. The van der Waals surface area contributed by atoms with Crippen LogP contribution in [-0.4, -0.2) is 24.3 Å². The zero-order valence-electron chi connectivity index (χ0n) is 9.75. The summed E-state index contributed by atoms with van der Waals surface area (Å²) in [4.78, 5) is 10.1. The Labute approximate surface area is 91.4 Å². The van der Waals surface area contributed by atoms with Gasteiger partial charge in [-0.25, -0.2) is 4.79 Å².